The van der Waals surface area contributed by atoms with E-state index in [0.29, 0.717) is 6.42 Å². The Labute approximate surface area is 130 Å². The van der Waals surface area contributed by atoms with Gasteiger partial charge in [0, 0.05) is 9.85 Å². The van der Waals surface area contributed by atoms with Crippen molar-refractivity contribution < 1.29 is 8.78 Å². The molecule has 2 aromatic rings. The highest BCUT2D eigenvalue weighted by Crippen LogP contribution is 2.32. The number of aryl methyl sites for hydroxylation is 2. The van der Waals surface area contributed by atoms with Crippen molar-refractivity contribution in [1.82, 2.24) is 0 Å². The molecule has 0 amide bonds. The van der Waals surface area contributed by atoms with E-state index in [-0.39, 0.29) is 4.83 Å². The molecule has 0 aliphatic rings. The molecule has 0 spiro atoms. The average Bonchev–Trinajstić information content (AvgIpc) is 2.38. The minimum Gasteiger partial charge on any atom is -0.204 e. The van der Waals surface area contributed by atoms with E-state index < -0.39 is 11.6 Å². The Morgan fingerprint density at radius 3 is 2.40 bits per heavy atom. The second kappa shape index (κ2) is 6.23. The van der Waals surface area contributed by atoms with Gasteiger partial charge in [0.25, 0.3) is 0 Å². The summed E-state index contributed by atoms with van der Waals surface area (Å²) < 4.78 is 26.1. The third-order valence-corrected chi connectivity index (χ3v) is 4.51. The number of hydrogen-bond acceptors (Lipinski definition) is 0. The smallest absolute Gasteiger partial charge is 0.159 e. The summed E-state index contributed by atoms with van der Waals surface area (Å²) in [6.45, 7) is 3.93. The van der Waals surface area contributed by atoms with Crippen LogP contribution in [0.5, 0.6) is 0 Å². The van der Waals surface area contributed by atoms with Gasteiger partial charge < -0.3 is 0 Å². The molecule has 0 aliphatic carbocycles. The molecule has 0 heterocycles. The molecule has 0 aliphatic heterocycles. The van der Waals surface area contributed by atoms with Crippen molar-refractivity contribution in [2.24, 2.45) is 0 Å². The standard InChI is InChI=1S/C16H14BrClF2/c1-9-6-14(18)10(2)5-12(9)13(17)7-11-3-4-15(19)16(20)8-11/h3-6,8,13H,7H2,1-2H3. The molecule has 0 nitrogen and oxygen atoms in total. The van der Waals surface area contributed by atoms with Crippen LogP contribution in [0.4, 0.5) is 8.78 Å². The third-order valence-electron chi connectivity index (χ3n) is 3.28. The summed E-state index contributed by atoms with van der Waals surface area (Å²) >= 11 is 9.70. The maximum atomic E-state index is 13.2. The van der Waals surface area contributed by atoms with Crippen LogP contribution in [0, 0.1) is 25.5 Å². The number of rotatable bonds is 3. The Balaban J connectivity index is 2.25. The van der Waals surface area contributed by atoms with Crippen LogP contribution in [-0.4, -0.2) is 0 Å². The van der Waals surface area contributed by atoms with Crippen LogP contribution >= 0.6 is 27.5 Å². The normalized spacial score (nSPS) is 12.5. The molecule has 2 aromatic carbocycles. The highest BCUT2D eigenvalue weighted by molar-refractivity contribution is 9.09. The molecule has 106 valence electrons. The molecule has 0 saturated carbocycles. The van der Waals surface area contributed by atoms with Gasteiger partial charge in [-0.2, -0.15) is 0 Å². The van der Waals surface area contributed by atoms with Gasteiger partial charge >= 0.3 is 0 Å². The SMILES string of the molecule is Cc1cc(C(Br)Cc2ccc(F)c(F)c2)c(C)cc1Cl. The van der Waals surface area contributed by atoms with Crippen LogP contribution in [0.25, 0.3) is 0 Å². The molecule has 1 unspecified atom stereocenters. The molecule has 0 saturated heterocycles. The van der Waals surface area contributed by atoms with Crippen molar-refractivity contribution in [1.29, 1.82) is 0 Å². The molecule has 0 radical (unpaired) electrons. The molecular weight excluding hydrogens is 346 g/mol. The Morgan fingerprint density at radius 1 is 1.05 bits per heavy atom. The van der Waals surface area contributed by atoms with Gasteiger partial charge in [0.1, 0.15) is 0 Å². The minimum absolute atomic E-state index is 0.0309. The van der Waals surface area contributed by atoms with E-state index in [4.69, 9.17) is 11.6 Å². The van der Waals surface area contributed by atoms with E-state index in [2.05, 4.69) is 15.9 Å². The fourth-order valence-corrected chi connectivity index (χ4v) is 3.21. The number of benzene rings is 2. The fourth-order valence-electron chi connectivity index (χ4n) is 2.12. The molecule has 0 aromatic heterocycles. The number of halogens is 4. The first-order valence-corrected chi connectivity index (χ1v) is 7.52. The summed E-state index contributed by atoms with van der Waals surface area (Å²) in [5.74, 6) is -1.63. The topological polar surface area (TPSA) is 0 Å². The zero-order valence-electron chi connectivity index (χ0n) is 11.2. The zero-order valence-corrected chi connectivity index (χ0v) is 13.5. The Morgan fingerprint density at radius 2 is 1.75 bits per heavy atom. The lowest BCUT2D eigenvalue weighted by Crippen LogP contribution is -2.00. The molecule has 0 fully saturated rings. The third kappa shape index (κ3) is 3.39. The average molecular weight is 360 g/mol. The first-order chi connectivity index (χ1) is 9.38. The first-order valence-electron chi connectivity index (χ1n) is 6.23. The Hall–Kier alpha value is -0.930. The summed E-state index contributed by atoms with van der Waals surface area (Å²) in [7, 11) is 0. The molecule has 4 heteroatoms. The molecule has 0 N–H and O–H groups in total. The number of alkyl halides is 1. The van der Waals surface area contributed by atoms with Crippen molar-refractivity contribution in [3.05, 3.63) is 69.2 Å². The minimum atomic E-state index is -0.821. The zero-order chi connectivity index (χ0) is 14.9. The van der Waals surface area contributed by atoms with Crippen molar-refractivity contribution in [2.75, 3.05) is 0 Å². The summed E-state index contributed by atoms with van der Waals surface area (Å²) in [4.78, 5) is 0.0309. The van der Waals surface area contributed by atoms with Crippen LogP contribution in [0.2, 0.25) is 5.02 Å². The molecule has 20 heavy (non-hydrogen) atoms. The van der Waals surface area contributed by atoms with Crippen molar-refractivity contribution >= 4 is 27.5 Å². The van der Waals surface area contributed by atoms with Gasteiger partial charge in [-0.15, -0.1) is 0 Å². The van der Waals surface area contributed by atoms with E-state index in [1.807, 2.05) is 26.0 Å². The molecule has 2 rings (SSSR count). The van der Waals surface area contributed by atoms with Gasteiger partial charge in [-0.3, -0.25) is 0 Å². The predicted molar refractivity (Wildman–Crippen MR) is 82.7 cm³/mol. The summed E-state index contributed by atoms with van der Waals surface area (Å²) in [5.41, 5.74) is 3.93. The van der Waals surface area contributed by atoms with Gasteiger partial charge in [0.2, 0.25) is 0 Å². The Kier molecular flexibility index (Phi) is 4.82. The highest BCUT2D eigenvalue weighted by atomic mass is 79.9. The first kappa shape index (κ1) is 15.5. The van der Waals surface area contributed by atoms with Crippen LogP contribution in [0.3, 0.4) is 0 Å². The van der Waals surface area contributed by atoms with Crippen LogP contribution in [0.15, 0.2) is 30.3 Å². The lowest BCUT2D eigenvalue weighted by molar-refractivity contribution is 0.507. The molecular formula is C16H14BrClF2. The molecule has 1 atom stereocenters. The fraction of sp³-hybridized carbons (Fsp3) is 0.250. The second-order valence-corrected chi connectivity index (χ2v) is 6.39. The van der Waals surface area contributed by atoms with E-state index >= 15 is 0 Å². The van der Waals surface area contributed by atoms with Gasteiger partial charge in [-0.25, -0.2) is 8.78 Å². The maximum Gasteiger partial charge on any atom is 0.159 e. The Bertz CT molecular complexity index is 641. The van der Waals surface area contributed by atoms with Gasteiger partial charge in [-0.05, 0) is 60.7 Å². The highest BCUT2D eigenvalue weighted by Gasteiger charge is 2.14. The lowest BCUT2D eigenvalue weighted by Gasteiger charge is -2.15. The second-order valence-electron chi connectivity index (χ2n) is 4.88. The summed E-state index contributed by atoms with van der Waals surface area (Å²) in [6.07, 6.45) is 0.582. The van der Waals surface area contributed by atoms with E-state index in [1.54, 1.807) is 6.07 Å². The number of hydrogen-bond donors (Lipinski definition) is 0. The maximum absolute atomic E-state index is 13.2. The van der Waals surface area contributed by atoms with Crippen LogP contribution < -0.4 is 0 Å². The van der Waals surface area contributed by atoms with Crippen molar-refractivity contribution in [3.8, 4) is 0 Å². The predicted octanol–water partition coefficient (Wildman–Crippen LogP) is 5.91. The van der Waals surface area contributed by atoms with Gasteiger partial charge in [0.05, 0.1) is 0 Å². The van der Waals surface area contributed by atoms with Gasteiger partial charge in [0.15, 0.2) is 11.6 Å². The van der Waals surface area contributed by atoms with Crippen LogP contribution in [0.1, 0.15) is 27.1 Å². The largest absolute Gasteiger partial charge is 0.204 e. The van der Waals surface area contributed by atoms with Gasteiger partial charge in [-0.1, -0.05) is 39.7 Å². The quantitative estimate of drug-likeness (QED) is 0.597. The van der Waals surface area contributed by atoms with Crippen LogP contribution in [-0.2, 0) is 6.42 Å². The molecule has 0 bridgehead atoms. The van der Waals surface area contributed by atoms with E-state index in [0.717, 1.165) is 33.3 Å². The van der Waals surface area contributed by atoms with E-state index in [9.17, 15) is 8.78 Å². The monoisotopic (exact) mass is 358 g/mol. The summed E-state index contributed by atoms with van der Waals surface area (Å²) in [5, 5.41) is 0.735. The van der Waals surface area contributed by atoms with Crippen molar-refractivity contribution in [2.45, 2.75) is 25.1 Å². The summed E-state index contributed by atoms with van der Waals surface area (Å²) in [6, 6.07) is 7.94. The van der Waals surface area contributed by atoms with E-state index in [1.165, 1.54) is 6.07 Å². The van der Waals surface area contributed by atoms with Crippen molar-refractivity contribution in [3.63, 3.8) is 0 Å². The lowest BCUT2D eigenvalue weighted by atomic mass is 9.98.